The van der Waals surface area contributed by atoms with Gasteiger partial charge in [0.15, 0.2) is 12.6 Å². The van der Waals surface area contributed by atoms with Gasteiger partial charge in [-0.1, -0.05) is 127 Å². The summed E-state index contributed by atoms with van der Waals surface area (Å²) in [6, 6.07) is -0.927. The van der Waals surface area contributed by atoms with Gasteiger partial charge in [0.25, 0.3) is 0 Å². The Bertz CT molecular complexity index is 1180. The van der Waals surface area contributed by atoms with Crippen molar-refractivity contribution in [2.45, 2.75) is 209 Å². The van der Waals surface area contributed by atoms with Crippen LogP contribution in [0, 0.1) is 0 Å². The Morgan fingerprint density at radius 1 is 0.627 bits per heavy atom. The van der Waals surface area contributed by atoms with Crippen molar-refractivity contribution < 1.29 is 64.6 Å². The number of rotatable bonds is 32. The van der Waals surface area contributed by atoms with Crippen LogP contribution in [0.4, 0.5) is 0 Å². The molecule has 0 saturated carbocycles. The van der Waals surface area contributed by atoms with Gasteiger partial charge in [0, 0.05) is 6.42 Å². The number of ether oxygens (including phenoxy) is 4. The standard InChI is InChI=1S/C45H79NO13/c1-3-5-7-9-11-13-15-17-19-21-23-25-27-29-37(50)46-33(34(49)28-26-24-22-20-18-16-14-12-10-8-6-4-2)32-56-44-42(55)40(53)43(36(31-48)58-44)59-45-41(54)39(52)38(51)35(30-47)57-45/h5,7,11,13,17,19,26,28,33-36,38-45,47-49,51-55H,3-4,6,8-10,12,14-16,18,20-25,27,29-32H2,1-2H3,(H,46,50)/b7-5-,13-11-,19-17-,28-26+. The van der Waals surface area contributed by atoms with Crippen LogP contribution in [0.3, 0.4) is 0 Å². The molecule has 9 N–H and O–H groups in total. The summed E-state index contributed by atoms with van der Waals surface area (Å²) in [5.74, 6) is -0.273. The third kappa shape index (κ3) is 21.1. The van der Waals surface area contributed by atoms with E-state index in [9.17, 15) is 45.6 Å². The third-order valence-corrected chi connectivity index (χ3v) is 10.8. The Hall–Kier alpha value is -2.05. The first-order valence-corrected chi connectivity index (χ1v) is 22.4. The molecule has 0 bridgehead atoms. The van der Waals surface area contributed by atoms with Crippen molar-refractivity contribution in [1.82, 2.24) is 5.32 Å². The summed E-state index contributed by atoms with van der Waals surface area (Å²) >= 11 is 0. The molecule has 0 aromatic heterocycles. The van der Waals surface area contributed by atoms with Crippen LogP contribution in [0.15, 0.2) is 48.6 Å². The fourth-order valence-corrected chi connectivity index (χ4v) is 7.07. The first-order valence-electron chi connectivity index (χ1n) is 22.4. The van der Waals surface area contributed by atoms with E-state index in [0.29, 0.717) is 6.42 Å². The lowest BCUT2D eigenvalue weighted by molar-refractivity contribution is -0.359. The van der Waals surface area contributed by atoms with E-state index in [1.807, 2.05) is 6.08 Å². The van der Waals surface area contributed by atoms with Gasteiger partial charge in [0.1, 0.15) is 48.8 Å². The van der Waals surface area contributed by atoms with Crippen LogP contribution in [-0.4, -0.2) is 140 Å². The fourth-order valence-electron chi connectivity index (χ4n) is 7.07. The molecule has 2 rings (SSSR count). The van der Waals surface area contributed by atoms with Crippen LogP contribution >= 0.6 is 0 Å². The summed E-state index contributed by atoms with van der Waals surface area (Å²) in [6.07, 6.45) is 18.8. The zero-order chi connectivity index (χ0) is 43.3. The molecule has 342 valence electrons. The van der Waals surface area contributed by atoms with Crippen molar-refractivity contribution in [2.24, 2.45) is 0 Å². The fraction of sp³-hybridized carbons (Fsp3) is 0.800. The molecule has 1 amide bonds. The molecule has 0 radical (unpaired) electrons. The number of hydrogen-bond donors (Lipinski definition) is 9. The van der Waals surface area contributed by atoms with Crippen molar-refractivity contribution in [3.05, 3.63) is 48.6 Å². The highest BCUT2D eigenvalue weighted by Crippen LogP contribution is 2.30. The zero-order valence-corrected chi connectivity index (χ0v) is 35.7. The summed E-state index contributed by atoms with van der Waals surface area (Å²) < 4.78 is 22.6. The lowest BCUT2D eigenvalue weighted by atomic mass is 9.97. The Balaban J connectivity index is 1.93. The molecule has 2 saturated heterocycles. The molecule has 2 heterocycles. The molecule has 59 heavy (non-hydrogen) atoms. The molecule has 12 atom stereocenters. The highest BCUT2D eigenvalue weighted by molar-refractivity contribution is 5.76. The Morgan fingerprint density at radius 2 is 1.17 bits per heavy atom. The van der Waals surface area contributed by atoms with Crippen LogP contribution < -0.4 is 5.32 Å². The first kappa shape index (κ1) is 53.1. The van der Waals surface area contributed by atoms with Gasteiger partial charge >= 0.3 is 0 Å². The molecular weight excluding hydrogens is 762 g/mol. The van der Waals surface area contributed by atoms with Crippen molar-refractivity contribution >= 4 is 5.91 Å². The Morgan fingerprint density at radius 3 is 1.80 bits per heavy atom. The highest BCUT2D eigenvalue weighted by Gasteiger charge is 2.50. The summed E-state index contributed by atoms with van der Waals surface area (Å²) in [7, 11) is 0. The van der Waals surface area contributed by atoms with Crippen LogP contribution in [0.1, 0.15) is 136 Å². The quantitative estimate of drug-likeness (QED) is 0.0343. The minimum absolute atomic E-state index is 0.244. The van der Waals surface area contributed by atoms with Crippen molar-refractivity contribution in [3.63, 3.8) is 0 Å². The first-order chi connectivity index (χ1) is 28.6. The molecule has 0 aliphatic carbocycles. The van der Waals surface area contributed by atoms with Gasteiger partial charge in [-0.25, -0.2) is 0 Å². The van der Waals surface area contributed by atoms with E-state index in [1.165, 1.54) is 51.4 Å². The van der Waals surface area contributed by atoms with Crippen LogP contribution in [0.5, 0.6) is 0 Å². The predicted molar refractivity (Wildman–Crippen MR) is 226 cm³/mol. The monoisotopic (exact) mass is 842 g/mol. The van der Waals surface area contributed by atoms with E-state index in [4.69, 9.17) is 18.9 Å². The van der Waals surface area contributed by atoms with E-state index in [1.54, 1.807) is 6.08 Å². The number of carbonyl (C=O) groups excluding carboxylic acids is 1. The maximum Gasteiger partial charge on any atom is 0.220 e. The maximum atomic E-state index is 13.1. The number of unbranched alkanes of at least 4 members (excludes halogenated alkanes) is 13. The van der Waals surface area contributed by atoms with Crippen molar-refractivity contribution in [2.75, 3.05) is 19.8 Å². The zero-order valence-electron chi connectivity index (χ0n) is 35.7. The number of carbonyl (C=O) groups is 1. The highest BCUT2D eigenvalue weighted by atomic mass is 16.7. The second-order valence-corrected chi connectivity index (χ2v) is 15.8. The van der Waals surface area contributed by atoms with Gasteiger partial charge in [-0.15, -0.1) is 0 Å². The molecule has 2 aliphatic heterocycles. The molecule has 14 nitrogen and oxygen atoms in total. The second-order valence-electron chi connectivity index (χ2n) is 15.8. The van der Waals surface area contributed by atoms with Gasteiger partial charge in [0.05, 0.1) is 32.0 Å². The number of allylic oxidation sites excluding steroid dienone is 7. The average Bonchev–Trinajstić information content (AvgIpc) is 3.23. The normalized spacial score (nSPS) is 29.0. The lowest BCUT2D eigenvalue weighted by Crippen LogP contribution is -2.65. The number of aliphatic hydroxyl groups is 8. The van der Waals surface area contributed by atoms with Gasteiger partial charge in [-0.3, -0.25) is 4.79 Å². The van der Waals surface area contributed by atoms with E-state index >= 15 is 0 Å². The molecule has 0 aromatic carbocycles. The van der Waals surface area contributed by atoms with Gasteiger partial charge < -0.3 is 65.1 Å². The van der Waals surface area contributed by atoms with E-state index in [-0.39, 0.29) is 18.9 Å². The largest absolute Gasteiger partial charge is 0.394 e. The smallest absolute Gasteiger partial charge is 0.220 e. The van der Waals surface area contributed by atoms with E-state index in [0.717, 1.165) is 57.8 Å². The topological polar surface area (TPSA) is 228 Å². The van der Waals surface area contributed by atoms with Gasteiger partial charge in [0.2, 0.25) is 5.91 Å². The van der Waals surface area contributed by atoms with Gasteiger partial charge in [-0.2, -0.15) is 0 Å². The molecule has 2 aliphatic rings. The van der Waals surface area contributed by atoms with Gasteiger partial charge in [-0.05, 0) is 51.4 Å². The molecular formula is C45H79NO13. The third-order valence-electron chi connectivity index (χ3n) is 10.8. The SMILES string of the molecule is CC/C=C\C/C=C\C/C=C\CCCCCC(=O)NC(COC1OC(CO)C(OC2OC(CO)C(O)C(O)C2O)C(O)C1O)C(O)/C=C/CCCCCCCCCCCC. The summed E-state index contributed by atoms with van der Waals surface area (Å²) in [4.78, 5) is 13.1. The number of amides is 1. The lowest BCUT2D eigenvalue weighted by Gasteiger charge is -2.46. The molecule has 12 unspecified atom stereocenters. The Kier molecular flexibility index (Phi) is 29.4. The van der Waals surface area contributed by atoms with Crippen molar-refractivity contribution in [3.8, 4) is 0 Å². The summed E-state index contributed by atoms with van der Waals surface area (Å²) in [5, 5.41) is 86.3. The number of aliphatic hydroxyl groups excluding tert-OH is 8. The molecule has 0 spiro atoms. The van der Waals surface area contributed by atoms with Crippen LogP contribution in [0.2, 0.25) is 0 Å². The molecule has 0 aromatic rings. The predicted octanol–water partition coefficient (Wildman–Crippen LogP) is 4.15. The minimum Gasteiger partial charge on any atom is -0.394 e. The maximum absolute atomic E-state index is 13.1. The van der Waals surface area contributed by atoms with Crippen LogP contribution in [0.25, 0.3) is 0 Å². The molecule has 14 heteroatoms. The van der Waals surface area contributed by atoms with Crippen LogP contribution in [-0.2, 0) is 23.7 Å². The number of nitrogens with one attached hydrogen (secondary N) is 1. The average molecular weight is 842 g/mol. The summed E-state index contributed by atoms with van der Waals surface area (Å²) in [6.45, 7) is 2.60. The minimum atomic E-state index is -1.79. The molecule has 2 fully saturated rings. The van der Waals surface area contributed by atoms with E-state index < -0.39 is 86.8 Å². The number of hydrogen-bond acceptors (Lipinski definition) is 13. The Labute approximate surface area is 353 Å². The summed E-state index contributed by atoms with van der Waals surface area (Å²) in [5.41, 5.74) is 0. The van der Waals surface area contributed by atoms with Crippen molar-refractivity contribution in [1.29, 1.82) is 0 Å². The second kappa shape index (κ2) is 32.6. The van der Waals surface area contributed by atoms with E-state index in [2.05, 4.69) is 55.6 Å².